The molecule has 1 saturated heterocycles. The number of Topliss-reactive ketones (excluding diaryl/α,β-unsaturated/α-hetero) is 1. The van der Waals surface area contributed by atoms with E-state index in [2.05, 4.69) is 10.3 Å². The molecule has 0 atom stereocenters. The van der Waals surface area contributed by atoms with Crippen LogP contribution in [0.5, 0.6) is 0 Å². The fourth-order valence-electron chi connectivity index (χ4n) is 2.01. The van der Waals surface area contributed by atoms with Crippen molar-refractivity contribution in [3.8, 4) is 0 Å². The number of carbonyl (C=O) groups excluding carboxylic acids is 2. The zero-order valence-corrected chi connectivity index (χ0v) is 11.6. The standard InChI is InChI=1S/C14H15ClN2O2/c1-14(2)7-11(18)13(17-12(19)8-14)16-10-6-4-3-5-9(10)15/h3-6H,7-8H2,1-2H3,(H,16,17,19). The molecule has 19 heavy (non-hydrogen) atoms. The maximum absolute atomic E-state index is 12.1. The largest absolute Gasteiger partial charge is 0.308 e. The van der Waals surface area contributed by atoms with E-state index in [9.17, 15) is 9.59 Å². The molecule has 1 heterocycles. The second-order valence-electron chi connectivity index (χ2n) is 5.40. The average molecular weight is 279 g/mol. The highest BCUT2D eigenvalue weighted by Crippen LogP contribution is 2.29. The molecule has 2 rings (SSSR count). The van der Waals surface area contributed by atoms with E-state index in [4.69, 9.17) is 11.6 Å². The molecular formula is C14H15ClN2O2. The average Bonchev–Trinajstić information content (AvgIpc) is 2.38. The van der Waals surface area contributed by atoms with Gasteiger partial charge in [-0.05, 0) is 17.5 Å². The quantitative estimate of drug-likeness (QED) is 0.859. The first kappa shape index (κ1) is 13.7. The zero-order chi connectivity index (χ0) is 14.0. The van der Waals surface area contributed by atoms with Crippen molar-refractivity contribution in [1.29, 1.82) is 0 Å². The Labute approximate surface area is 116 Å². The predicted octanol–water partition coefficient (Wildman–Crippen LogP) is 2.88. The third kappa shape index (κ3) is 3.41. The summed E-state index contributed by atoms with van der Waals surface area (Å²) in [6.07, 6.45) is 0.593. The van der Waals surface area contributed by atoms with Crippen LogP contribution < -0.4 is 5.32 Å². The number of benzene rings is 1. The van der Waals surface area contributed by atoms with Crippen LogP contribution in [0, 0.1) is 5.41 Å². The van der Waals surface area contributed by atoms with Crippen molar-refractivity contribution in [2.75, 3.05) is 0 Å². The molecule has 1 fully saturated rings. The van der Waals surface area contributed by atoms with Crippen molar-refractivity contribution in [2.45, 2.75) is 26.7 Å². The molecule has 1 amide bonds. The lowest BCUT2D eigenvalue weighted by molar-refractivity contribution is -0.121. The second kappa shape index (κ2) is 5.13. The third-order valence-electron chi connectivity index (χ3n) is 2.88. The molecule has 0 aromatic heterocycles. The minimum Gasteiger partial charge on any atom is -0.308 e. The molecule has 0 radical (unpaired) electrons. The summed E-state index contributed by atoms with van der Waals surface area (Å²) < 4.78 is 0. The molecule has 1 aromatic carbocycles. The van der Waals surface area contributed by atoms with Gasteiger partial charge in [-0.3, -0.25) is 9.59 Å². The number of para-hydroxylation sites is 1. The topological polar surface area (TPSA) is 58.5 Å². The van der Waals surface area contributed by atoms with Crippen molar-refractivity contribution in [3.05, 3.63) is 29.3 Å². The van der Waals surface area contributed by atoms with Crippen molar-refractivity contribution >= 4 is 34.8 Å². The monoisotopic (exact) mass is 278 g/mol. The van der Waals surface area contributed by atoms with E-state index in [1.807, 2.05) is 13.8 Å². The van der Waals surface area contributed by atoms with Gasteiger partial charge in [0.15, 0.2) is 11.6 Å². The zero-order valence-electron chi connectivity index (χ0n) is 10.9. The molecule has 0 spiro atoms. The summed E-state index contributed by atoms with van der Waals surface area (Å²) in [7, 11) is 0. The van der Waals surface area contributed by atoms with Gasteiger partial charge in [-0.2, -0.15) is 0 Å². The van der Waals surface area contributed by atoms with Crippen LogP contribution in [-0.2, 0) is 9.59 Å². The molecule has 4 nitrogen and oxygen atoms in total. The van der Waals surface area contributed by atoms with E-state index in [1.54, 1.807) is 24.3 Å². The Balaban J connectivity index is 2.36. The van der Waals surface area contributed by atoms with Crippen LogP contribution >= 0.6 is 11.6 Å². The van der Waals surface area contributed by atoms with Gasteiger partial charge in [-0.15, -0.1) is 0 Å². The van der Waals surface area contributed by atoms with Gasteiger partial charge in [0.1, 0.15) is 0 Å². The summed E-state index contributed by atoms with van der Waals surface area (Å²) in [6.45, 7) is 3.78. The Bertz CT molecular complexity index is 564. The van der Waals surface area contributed by atoms with Crippen LogP contribution in [-0.4, -0.2) is 17.5 Å². The number of nitrogens with one attached hydrogen (secondary N) is 1. The summed E-state index contributed by atoms with van der Waals surface area (Å²) in [5, 5.41) is 3.01. The number of amides is 1. The molecule has 1 N–H and O–H groups in total. The molecule has 1 aliphatic heterocycles. The van der Waals surface area contributed by atoms with Crippen LogP contribution in [0.4, 0.5) is 5.69 Å². The summed E-state index contributed by atoms with van der Waals surface area (Å²) in [4.78, 5) is 28.0. The number of aliphatic imine (C=N–C) groups is 1. The number of nitrogens with zero attached hydrogens (tertiary/aromatic N) is 1. The highest BCUT2D eigenvalue weighted by molar-refractivity contribution is 6.43. The molecule has 100 valence electrons. The number of hydrogen-bond donors (Lipinski definition) is 1. The fourth-order valence-corrected chi connectivity index (χ4v) is 2.19. The van der Waals surface area contributed by atoms with Crippen LogP contribution in [0.1, 0.15) is 26.7 Å². The first-order chi connectivity index (χ1) is 8.87. The summed E-state index contributed by atoms with van der Waals surface area (Å²) >= 11 is 5.99. The normalized spacial score (nSPS) is 21.1. The Kier molecular flexibility index (Phi) is 3.71. The van der Waals surface area contributed by atoms with Gasteiger partial charge in [0.05, 0.1) is 10.7 Å². The van der Waals surface area contributed by atoms with Gasteiger partial charge in [0.25, 0.3) is 0 Å². The molecule has 0 aliphatic carbocycles. The van der Waals surface area contributed by atoms with Crippen LogP contribution in [0.15, 0.2) is 29.3 Å². The number of amidine groups is 1. The predicted molar refractivity (Wildman–Crippen MR) is 74.7 cm³/mol. The molecule has 1 aromatic rings. The van der Waals surface area contributed by atoms with Gasteiger partial charge < -0.3 is 5.32 Å². The maximum atomic E-state index is 12.1. The van der Waals surface area contributed by atoms with E-state index in [0.29, 0.717) is 17.1 Å². The third-order valence-corrected chi connectivity index (χ3v) is 3.20. The number of ketones is 1. The minimum atomic E-state index is -0.348. The minimum absolute atomic E-state index is 0.0728. The Hall–Kier alpha value is -1.68. The Morgan fingerprint density at radius 1 is 1.21 bits per heavy atom. The molecule has 1 aliphatic rings. The number of carbonyl (C=O) groups is 2. The summed E-state index contributed by atoms with van der Waals surface area (Å²) in [5.74, 6) is -0.291. The van der Waals surface area contributed by atoms with Crippen molar-refractivity contribution in [1.82, 2.24) is 5.32 Å². The van der Waals surface area contributed by atoms with Crippen molar-refractivity contribution in [3.63, 3.8) is 0 Å². The van der Waals surface area contributed by atoms with Gasteiger partial charge in [-0.1, -0.05) is 37.6 Å². The van der Waals surface area contributed by atoms with Gasteiger partial charge >= 0.3 is 0 Å². The number of hydrogen-bond acceptors (Lipinski definition) is 3. The van der Waals surface area contributed by atoms with Gasteiger partial charge in [0.2, 0.25) is 5.91 Å². The second-order valence-corrected chi connectivity index (χ2v) is 5.81. The lowest BCUT2D eigenvalue weighted by Crippen LogP contribution is -2.33. The van der Waals surface area contributed by atoms with Gasteiger partial charge in [-0.25, -0.2) is 4.99 Å². The lowest BCUT2D eigenvalue weighted by Gasteiger charge is -2.18. The number of rotatable bonds is 1. The van der Waals surface area contributed by atoms with Crippen LogP contribution in [0.3, 0.4) is 0 Å². The van der Waals surface area contributed by atoms with E-state index < -0.39 is 0 Å². The van der Waals surface area contributed by atoms with E-state index in [1.165, 1.54) is 0 Å². The highest BCUT2D eigenvalue weighted by Gasteiger charge is 2.32. The van der Waals surface area contributed by atoms with E-state index in [-0.39, 0.29) is 29.4 Å². The lowest BCUT2D eigenvalue weighted by atomic mass is 9.85. The molecule has 0 saturated carbocycles. The molecule has 5 heteroatoms. The SMILES string of the molecule is CC1(C)CC(=O)NC(=Nc2ccccc2Cl)C(=O)C1. The van der Waals surface area contributed by atoms with E-state index in [0.717, 1.165) is 0 Å². The van der Waals surface area contributed by atoms with E-state index >= 15 is 0 Å². The van der Waals surface area contributed by atoms with Crippen LogP contribution in [0.25, 0.3) is 0 Å². The summed E-state index contributed by atoms with van der Waals surface area (Å²) in [6, 6.07) is 6.94. The smallest absolute Gasteiger partial charge is 0.226 e. The highest BCUT2D eigenvalue weighted by atomic mass is 35.5. The Morgan fingerprint density at radius 2 is 1.89 bits per heavy atom. The molecule has 0 unspecified atom stereocenters. The van der Waals surface area contributed by atoms with Crippen LogP contribution in [0.2, 0.25) is 5.02 Å². The van der Waals surface area contributed by atoms with Gasteiger partial charge in [0, 0.05) is 12.8 Å². The fraction of sp³-hybridized carbons (Fsp3) is 0.357. The van der Waals surface area contributed by atoms with Crippen molar-refractivity contribution < 1.29 is 9.59 Å². The summed E-state index contributed by atoms with van der Waals surface area (Å²) in [5.41, 5.74) is 0.131. The Morgan fingerprint density at radius 3 is 2.58 bits per heavy atom. The molecular weight excluding hydrogens is 264 g/mol. The maximum Gasteiger partial charge on any atom is 0.226 e. The van der Waals surface area contributed by atoms with Crippen molar-refractivity contribution in [2.24, 2.45) is 10.4 Å². The molecule has 0 bridgehead atoms. The number of halogens is 1. The first-order valence-corrected chi connectivity index (χ1v) is 6.41. The first-order valence-electron chi connectivity index (χ1n) is 6.04.